The van der Waals surface area contributed by atoms with Crippen LogP contribution < -0.4 is 14.2 Å². The van der Waals surface area contributed by atoms with E-state index in [1.165, 1.54) is 25.3 Å². The number of benzene rings is 1. The summed E-state index contributed by atoms with van der Waals surface area (Å²) >= 11 is 0. The van der Waals surface area contributed by atoms with Crippen molar-refractivity contribution in [1.82, 2.24) is 4.98 Å². The lowest BCUT2D eigenvalue weighted by Gasteiger charge is -2.37. The number of nitro groups is 1. The van der Waals surface area contributed by atoms with Crippen molar-refractivity contribution in [2.24, 2.45) is 0 Å². The molecule has 2 heterocycles. The summed E-state index contributed by atoms with van der Waals surface area (Å²) in [6, 6.07) is 2.83. The molecule has 1 aliphatic heterocycles. The third-order valence-corrected chi connectivity index (χ3v) is 5.27. The van der Waals surface area contributed by atoms with Gasteiger partial charge in [0.05, 0.1) is 4.92 Å². The molecular weight excluding hydrogens is 376 g/mol. The predicted molar refractivity (Wildman–Crippen MR) is 106 cm³/mol. The Morgan fingerprint density at radius 3 is 2.59 bits per heavy atom. The minimum atomic E-state index is -0.580. The third kappa shape index (κ3) is 4.16. The van der Waals surface area contributed by atoms with Crippen molar-refractivity contribution in [3.05, 3.63) is 50.7 Å². The molecule has 0 saturated carbocycles. The maximum Gasteiger partial charge on any atom is 0.308 e. The highest BCUT2D eigenvalue weighted by atomic mass is 16.6. The zero-order valence-electron chi connectivity index (χ0n) is 17.2. The normalized spacial score (nSPS) is 17.8. The first-order valence-electron chi connectivity index (χ1n) is 9.34. The molecule has 0 N–H and O–H groups in total. The van der Waals surface area contributed by atoms with E-state index in [0.717, 1.165) is 34.4 Å². The van der Waals surface area contributed by atoms with Gasteiger partial charge in [0.1, 0.15) is 29.9 Å². The summed E-state index contributed by atoms with van der Waals surface area (Å²) in [5.41, 5.74) is 3.09. The van der Waals surface area contributed by atoms with Crippen molar-refractivity contribution < 1.29 is 23.9 Å². The Bertz CT molecular complexity index is 970. The minimum Gasteiger partial charge on any atom is -0.483 e. The van der Waals surface area contributed by atoms with E-state index in [1.807, 2.05) is 27.7 Å². The highest BCUT2D eigenvalue weighted by Gasteiger charge is 2.36. The van der Waals surface area contributed by atoms with Gasteiger partial charge in [-0.1, -0.05) is 0 Å². The van der Waals surface area contributed by atoms with Gasteiger partial charge in [-0.15, -0.1) is 0 Å². The second-order valence-electron chi connectivity index (χ2n) is 7.56. The van der Waals surface area contributed by atoms with Gasteiger partial charge in [-0.05, 0) is 57.2 Å². The molecule has 8 nitrogen and oxygen atoms in total. The summed E-state index contributed by atoms with van der Waals surface area (Å²) in [5, 5.41) is 10.7. The number of fused-ring (bicyclic) bond motifs is 1. The van der Waals surface area contributed by atoms with Crippen molar-refractivity contribution in [3.63, 3.8) is 0 Å². The van der Waals surface area contributed by atoms with Crippen LogP contribution in [0.15, 0.2) is 18.3 Å². The number of carbonyl (C=O) groups is 1. The average Bonchev–Trinajstić information content (AvgIpc) is 2.68. The second kappa shape index (κ2) is 7.69. The van der Waals surface area contributed by atoms with Crippen LogP contribution in [0, 0.1) is 30.9 Å². The molecule has 0 bridgehead atoms. The van der Waals surface area contributed by atoms with Crippen LogP contribution in [0.5, 0.6) is 17.4 Å². The van der Waals surface area contributed by atoms with E-state index in [4.69, 9.17) is 14.2 Å². The Morgan fingerprint density at radius 1 is 1.28 bits per heavy atom. The van der Waals surface area contributed by atoms with Crippen molar-refractivity contribution in [2.45, 2.75) is 53.1 Å². The molecule has 1 aromatic heterocycles. The van der Waals surface area contributed by atoms with Gasteiger partial charge in [-0.3, -0.25) is 14.9 Å². The SMILES string of the molecule is CC(=O)Oc1c(C)c(C)c2c(c1C)CCC(C)(COc1ccc([N+](=O)[O-])cn1)O2. The van der Waals surface area contributed by atoms with E-state index in [0.29, 0.717) is 18.1 Å². The fourth-order valence-corrected chi connectivity index (χ4v) is 3.47. The Labute approximate surface area is 169 Å². The molecule has 0 saturated heterocycles. The molecule has 1 unspecified atom stereocenters. The Hall–Kier alpha value is -3.16. The molecule has 154 valence electrons. The lowest BCUT2D eigenvalue weighted by molar-refractivity contribution is -0.385. The van der Waals surface area contributed by atoms with E-state index in [2.05, 4.69) is 4.98 Å². The summed E-state index contributed by atoms with van der Waals surface area (Å²) in [6.07, 6.45) is 2.63. The number of hydrogen-bond acceptors (Lipinski definition) is 7. The summed E-state index contributed by atoms with van der Waals surface area (Å²) in [4.78, 5) is 25.7. The molecule has 0 aliphatic carbocycles. The first-order chi connectivity index (χ1) is 13.6. The zero-order chi connectivity index (χ0) is 21.3. The summed E-state index contributed by atoms with van der Waals surface area (Å²) in [7, 11) is 0. The zero-order valence-corrected chi connectivity index (χ0v) is 17.2. The van der Waals surface area contributed by atoms with Gasteiger partial charge < -0.3 is 14.2 Å². The maximum absolute atomic E-state index is 11.5. The van der Waals surface area contributed by atoms with Crippen LogP contribution in [0.4, 0.5) is 5.69 Å². The fraction of sp³-hybridized carbons (Fsp3) is 0.429. The summed E-state index contributed by atoms with van der Waals surface area (Å²) < 4.78 is 17.5. The number of nitrogens with zero attached hydrogens (tertiary/aromatic N) is 2. The van der Waals surface area contributed by atoms with Crippen molar-refractivity contribution >= 4 is 11.7 Å². The smallest absolute Gasteiger partial charge is 0.308 e. The first-order valence-corrected chi connectivity index (χ1v) is 9.34. The first kappa shape index (κ1) is 20.6. The quantitative estimate of drug-likeness (QED) is 0.323. The van der Waals surface area contributed by atoms with Crippen LogP contribution in [0.25, 0.3) is 0 Å². The number of hydrogen-bond donors (Lipinski definition) is 0. The molecule has 1 atom stereocenters. The van der Waals surface area contributed by atoms with E-state index >= 15 is 0 Å². The number of rotatable bonds is 5. The van der Waals surface area contributed by atoms with E-state index in [9.17, 15) is 14.9 Å². The lowest BCUT2D eigenvalue weighted by Crippen LogP contribution is -2.42. The third-order valence-electron chi connectivity index (χ3n) is 5.27. The molecule has 0 fully saturated rings. The molecule has 0 spiro atoms. The van der Waals surface area contributed by atoms with Crippen LogP contribution in [0.1, 0.15) is 42.5 Å². The number of carbonyl (C=O) groups excluding carboxylic acids is 1. The summed E-state index contributed by atoms with van der Waals surface area (Å²) in [5.74, 6) is 1.36. The topological polar surface area (TPSA) is 101 Å². The molecule has 3 rings (SSSR count). The molecule has 1 aromatic carbocycles. The maximum atomic E-state index is 11.5. The Balaban J connectivity index is 1.80. The van der Waals surface area contributed by atoms with Gasteiger partial charge in [0.15, 0.2) is 0 Å². The number of pyridine rings is 1. The van der Waals surface area contributed by atoms with Crippen LogP contribution in [0.2, 0.25) is 0 Å². The van der Waals surface area contributed by atoms with E-state index in [1.54, 1.807) is 0 Å². The standard InChI is InChI=1S/C21H24N2O6/c1-12-13(2)20-17(14(3)19(12)28-15(4)24)8-9-21(5,29-20)11-27-18-7-6-16(10-22-18)23(25)26/h6-7,10H,8-9,11H2,1-5H3. The van der Waals surface area contributed by atoms with Crippen molar-refractivity contribution in [2.75, 3.05) is 6.61 Å². The van der Waals surface area contributed by atoms with Crippen LogP contribution in [-0.2, 0) is 11.2 Å². The minimum absolute atomic E-state index is 0.0865. The number of esters is 1. The Morgan fingerprint density at radius 2 is 2.00 bits per heavy atom. The molecule has 1 aliphatic rings. The number of ether oxygens (including phenoxy) is 3. The van der Waals surface area contributed by atoms with E-state index in [-0.39, 0.29) is 18.3 Å². The van der Waals surface area contributed by atoms with Gasteiger partial charge in [0.2, 0.25) is 5.88 Å². The molecule has 8 heteroatoms. The molecular formula is C21H24N2O6. The predicted octanol–water partition coefficient (Wildman–Crippen LogP) is 4.00. The Kier molecular flexibility index (Phi) is 5.46. The fourth-order valence-electron chi connectivity index (χ4n) is 3.47. The average molecular weight is 400 g/mol. The summed E-state index contributed by atoms with van der Waals surface area (Å²) in [6.45, 7) is 9.40. The monoisotopic (exact) mass is 400 g/mol. The van der Waals surface area contributed by atoms with Gasteiger partial charge in [-0.2, -0.15) is 0 Å². The van der Waals surface area contributed by atoms with Crippen molar-refractivity contribution in [3.8, 4) is 17.4 Å². The van der Waals surface area contributed by atoms with Gasteiger partial charge in [0.25, 0.3) is 5.69 Å². The number of aromatic nitrogens is 1. The van der Waals surface area contributed by atoms with Gasteiger partial charge in [-0.25, -0.2) is 4.98 Å². The van der Waals surface area contributed by atoms with Crippen LogP contribution in [0.3, 0.4) is 0 Å². The van der Waals surface area contributed by atoms with Crippen LogP contribution in [-0.4, -0.2) is 28.1 Å². The van der Waals surface area contributed by atoms with Gasteiger partial charge in [0, 0.05) is 24.6 Å². The highest BCUT2D eigenvalue weighted by Crippen LogP contribution is 2.43. The lowest BCUT2D eigenvalue weighted by atomic mass is 9.87. The van der Waals surface area contributed by atoms with Gasteiger partial charge >= 0.3 is 5.97 Å². The molecule has 0 radical (unpaired) electrons. The van der Waals surface area contributed by atoms with Crippen LogP contribution >= 0.6 is 0 Å². The van der Waals surface area contributed by atoms with Crippen molar-refractivity contribution in [1.29, 1.82) is 0 Å². The highest BCUT2D eigenvalue weighted by molar-refractivity contribution is 5.72. The van der Waals surface area contributed by atoms with E-state index < -0.39 is 10.5 Å². The largest absolute Gasteiger partial charge is 0.483 e. The molecule has 0 amide bonds. The second-order valence-corrected chi connectivity index (χ2v) is 7.56. The molecule has 2 aromatic rings. The molecule has 29 heavy (non-hydrogen) atoms.